The van der Waals surface area contributed by atoms with Gasteiger partial charge in [0.05, 0.1) is 23.2 Å². The van der Waals surface area contributed by atoms with E-state index >= 15 is 0 Å². The summed E-state index contributed by atoms with van der Waals surface area (Å²) >= 11 is 3.38. The fourth-order valence-corrected chi connectivity index (χ4v) is 5.13. The summed E-state index contributed by atoms with van der Waals surface area (Å²) in [5, 5.41) is 5.48. The number of hydrogen-bond acceptors (Lipinski definition) is 4. The molecular weight excluding hydrogens is 492 g/mol. The van der Waals surface area contributed by atoms with E-state index < -0.39 is 21.9 Å². The van der Waals surface area contributed by atoms with Crippen LogP contribution in [0.3, 0.4) is 0 Å². The van der Waals surface area contributed by atoms with Gasteiger partial charge >= 0.3 is 6.03 Å². The Morgan fingerprint density at radius 2 is 1.72 bits per heavy atom. The van der Waals surface area contributed by atoms with E-state index in [9.17, 15) is 13.2 Å². The molecule has 0 aromatic heterocycles. The molecule has 1 unspecified atom stereocenters. The number of anilines is 1. The van der Waals surface area contributed by atoms with Crippen LogP contribution in [0.4, 0.5) is 10.5 Å². The van der Waals surface area contributed by atoms with Crippen molar-refractivity contribution in [3.8, 4) is 5.75 Å². The molecule has 1 atom stereocenters. The molecule has 32 heavy (non-hydrogen) atoms. The Bertz CT molecular complexity index is 1150. The zero-order valence-electron chi connectivity index (χ0n) is 17.6. The predicted octanol–water partition coefficient (Wildman–Crippen LogP) is 4.94. The van der Waals surface area contributed by atoms with E-state index in [1.54, 1.807) is 48.5 Å². The summed E-state index contributed by atoms with van der Waals surface area (Å²) in [6, 6.07) is 22.3. The maximum Gasteiger partial charge on any atom is 0.319 e. The highest BCUT2D eigenvalue weighted by Gasteiger charge is 2.23. The Morgan fingerprint density at radius 3 is 2.44 bits per heavy atom. The molecule has 3 aromatic carbocycles. The topological polar surface area (TPSA) is 84.5 Å². The van der Waals surface area contributed by atoms with Gasteiger partial charge in [0.2, 0.25) is 0 Å². The number of sulfone groups is 1. The van der Waals surface area contributed by atoms with Gasteiger partial charge in [-0.1, -0.05) is 54.6 Å². The molecule has 0 heterocycles. The second kappa shape index (κ2) is 11.2. The van der Waals surface area contributed by atoms with Gasteiger partial charge in [0, 0.05) is 4.47 Å². The van der Waals surface area contributed by atoms with Crippen LogP contribution in [-0.4, -0.2) is 32.9 Å². The third-order valence-electron chi connectivity index (χ3n) is 4.58. The van der Waals surface area contributed by atoms with Gasteiger partial charge in [-0.15, -0.1) is 0 Å². The highest BCUT2D eigenvalue weighted by Crippen LogP contribution is 2.21. The fraction of sp³-hybridized carbons (Fsp3) is 0.208. The summed E-state index contributed by atoms with van der Waals surface area (Å²) in [6.45, 7) is 1.96. The van der Waals surface area contributed by atoms with Crippen molar-refractivity contribution in [2.24, 2.45) is 0 Å². The molecule has 2 N–H and O–H groups in total. The summed E-state index contributed by atoms with van der Waals surface area (Å²) in [4.78, 5) is 12.6. The highest BCUT2D eigenvalue weighted by molar-refractivity contribution is 9.10. The van der Waals surface area contributed by atoms with Gasteiger partial charge in [-0.05, 0) is 58.2 Å². The lowest BCUT2D eigenvalue weighted by Crippen LogP contribution is -2.45. The van der Waals surface area contributed by atoms with E-state index in [0.717, 1.165) is 10.0 Å². The van der Waals surface area contributed by atoms with Crippen molar-refractivity contribution < 1.29 is 17.9 Å². The van der Waals surface area contributed by atoms with E-state index in [0.29, 0.717) is 17.0 Å². The van der Waals surface area contributed by atoms with E-state index in [4.69, 9.17) is 4.74 Å². The lowest BCUT2D eigenvalue weighted by atomic mass is 10.2. The number of nitrogens with one attached hydrogen (secondary N) is 2. The van der Waals surface area contributed by atoms with Gasteiger partial charge in [-0.2, -0.15) is 0 Å². The van der Waals surface area contributed by atoms with Crippen molar-refractivity contribution in [2.45, 2.75) is 18.7 Å². The smallest absolute Gasteiger partial charge is 0.319 e. The van der Waals surface area contributed by atoms with E-state index in [1.807, 2.05) is 37.3 Å². The van der Waals surface area contributed by atoms with Gasteiger partial charge < -0.3 is 15.4 Å². The predicted molar refractivity (Wildman–Crippen MR) is 131 cm³/mol. The number of benzene rings is 3. The molecule has 0 saturated heterocycles. The van der Waals surface area contributed by atoms with E-state index in [-0.39, 0.29) is 18.1 Å². The zero-order valence-corrected chi connectivity index (χ0v) is 20.0. The van der Waals surface area contributed by atoms with Crippen LogP contribution in [0, 0.1) is 6.92 Å². The minimum atomic E-state index is -3.50. The molecule has 0 saturated carbocycles. The monoisotopic (exact) mass is 516 g/mol. The first-order chi connectivity index (χ1) is 15.3. The Balaban J connectivity index is 1.70. The molecule has 0 aliphatic heterocycles. The molecule has 6 nitrogen and oxygen atoms in total. The molecule has 0 spiro atoms. The molecule has 168 valence electrons. The summed E-state index contributed by atoms with van der Waals surface area (Å²) in [5.41, 5.74) is 2.30. The number of carbonyl (C=O) groups excluding carboxylic acids is 1. The molecule has 2 amide bonds. The van der Waals surface area contributed by atoms with Gasteiger partial charge in [0.1, 0.15) is 12.4 Å². The Kier molecular flexibility index (Phi) is 8.30. The summed E-state index contributed by atoms with van der Waals surface area (Å²) in [5.74, 6) is 0.253. The Labute approximate surface area is 197 Å². The quantitative estimate of drug-likeness (QED) is 0.421. The second-order valence-electron chi connectivity index (χ2n) is 7.44. The number of amides is 2. The Morgan fingerprint density at radius 1 is 1.00 bits per heavy atom. The first-order valence-corrected chi connectivity index (χ1v) is 12.7. The largest absolute Gasteiger partial charge is 0.491 e. The van der Waals surface area contributed by atoms with Crippen LogP contribution >= 0.6 is 15.9 Å². The average molecular weight is 517 g/mol. The molecule has 0 aliphatic carbocycles. The van der Waals surface area contributed by atoms with Crippen LogP contribution in [0.25, 0.3) is 0 Å². The van der Waals surface area contributed by atoms with E-state index in [2.05, 4.69) is 26.6 Å². The van der Waals surface area contributed by atoms with Crippen molar-refractivity contribution in [2.75, 3.05) is 17.7 Å². The molecule has 3 rings (SSSR count). The molecule has 3 aromatic rings. The van der Waals surface area contributed by atoms with Crippen LogP contribution < -0.4 is 15.4 Å². The van der Waals surface area contributed by atoms with Crippen molar-refractivity contribution in [3.05, 3.63) is 94.5 Å². The minimum absolute atomic E-state index is 0.0147. The maximum absolute atomic E-state index is 12.8. The molecule has 0 bridgehead atoms. The number of rotatable bonds is 9. The normalized spacial score (nSPS) is 12.1. The first kappa shape index (κ1) is 23.8. The number of halogens is 1. The third-order valence-corrected chi connectivity index (χ3v) is 6.96. The van der Waals surface area contributed by atoms with Crippen molar-refractivity contribution >= 4 is 37.5 Å². The highest BCUT2D eigenvalue weighted by atomic mass is 79.9. The van der Waals surface area contributed by atoms with Crippen LogP contribution in [0.15, 0.2) is 83.3 Å². The first-order valence-electron chi connectivity index (χ1n) is 10.1. The number of urea groups is 1. The Hall–Kier alpha value is -2.84. The van der Waals surface area contributed by atoms with Crippen molar-refractivity contribution in [1.29, 1.82) is 0 Å². The standard InChI is InChI=1S/C24H25BrN2O4S/c1-18-8-7-11-21(14-18)31-15-20(17-32(29,30)16-19-9-3-2-4-10-19)26-24(28)27-23-13-6-5-12-22(23)25/h2-14,20H,15-17H2,1H3,(H2,26,27,28). The fourth-order valence-electron chi connectivity index (χ4n) is 3.13. The third kappa shape index (κ3) is 7.69. The van der Waals surface area contributed by atoms with Crippen LogP contribution in [0.1, 0.15) is 11.1 Å². The molecule has 0 radical (unpaired) electrons. The zero-order chi connectivity index (χ0) is 23.0. The lowest BCUT2D eigenvalue weighted by molar-refractivity contribution is 0.237. The van der Waals surface area contributed by atoms with Crippen molar-refractivity contribution in [1.82, 2.24) is 5.32 Å². The SMILES string of the molecule is Cc1cccc(OCC(CS(=O)(=O)Cc2ccccc2)NC(=O)Nc2ccccc2Br)c1. The summed E-state index contributed by atoms with van der Waals surface area (Å²) < 4.78 is 32.2. The van der Waals surface area contributed by atoms with Gasteiger partial charge in [-0.25, -0.2) is 13.2 Å². The number of aryl methyl sites for hydroxylation is 1. The summed E-state index contributed by atoms with van der Waals surface area (Å²) in [7, 11) is -3.50. The minimum Gasteiger partial charge on any atom is -0.491 e. The van der Waals surface area contributed by atoms with Crippen LogP contribution in [0.2, 0.25) is 0 Å². The second-order valence-corrected chi connectivity index (χ2v) is 10.4. The van der Waals surface area contributed by atoms with Gasteiger partial charge in [0.15, 0.2) is 9.84 Å². The number of carbonyl (C=O) groups is 1. The molecule has 0 aliphatic rings. The van der Waals surface area contributed by atoms with Gasteiger partial charge in [0.25, 0.3) is 0 Å². The number of para-hydroxylation sites is 1. The van der Waals surface area contributed by atoms with Gasteiger partial charge in [-0.3, -0.25) is 0 Å². The van der Waals surface area contributed by atoms with Crippen LogP contribution in [0.5, 0.6) is 5.75 Å². The molecule has 8 heteroatoms. The maximum atomic E-state index is 12.8. The molecular formula is C24H25BrN2O4S. The average Bonchev–Trinajstić information content (AvgIpc) is 2.74. The number of hydrogen-bond donors (Lipinski definition) is 2. The number of ether oxygens (including phenoxy) is 1. The lowest BCUT2D eigenvalue weighted by Gasteiger charge is -2.20. The van der Waals surface area contributed by atoms with E-state index in [1.165, 1.54) is 0 Å². The summed E-state index contributed by atoms with van der Waals surface area (Å²) in [6.07, 6.45) is 0. The van der Waals surface area contributed by atoms with Crippen LogP contribution in [-0.2, 0) is 15.6 Å². The molecule has 0 fully saturated rings. The van der Waals surface area contributed by atoms with Crippen molar-refractivity contribution in [3.63, 3.8) is 0 Å².